The molecule has 2 saturated heterocycles. The highest BCUT2D eigenvalue weighted by atomic mass is 16.5. The number of amides is 1. The zero-order valence-corrected chi connectivity index (χ0v) is 15.4. The molecule has 2 aliphatic heterocycles. The number of hydrogen-bond acceptors (Lipinski definition) is 6. The van der Waals surface area contributed by atoms with E-state index in [1.54, 1.807) is 15.6 Å². The zero-order valence-electron chi connectivity index (χ0n) is 15.4. The summed E-state index contributed by atoms with van der Waals surface area (Å²) in [7, 11) is 3.20. The Morgan fingerprint density at radius 2 is 2.15 bits per heavy atom. The van der Waals surface area contributed by atoms with Crippen LogP contribution in [0.15, 0.2) is 6.07 Å². The average molecular weight is 358 g/mol. The third kappa shape index (κ3) is 2.25. The minimum Gasteiger partial charge on any atom is -0.468 e. The summed E-state index contributed by atoms with van der Waals surface area (Å²) in [6.07, 6.45) is 0. The Hall–Kier alpha value is -2.48. The highest BCUT2D eigenvalue weighted by Gasteiger charge is 2.57. The van der Waals surface area contributed by atoms with Gasteiger partial charge in [-0.25, -0.2) is 4.98 Å². The topological polar surface area (TPSA) is 86.6 Å². The van der Waals surface area contributed by atoms with Gasteiger partial charge in [0.05, 0.1) is 37.0 Å². The Morgan fingerprint density at radius 1 is 1.38 bits per heavy atom. The second kappa shape index (κ2) is 5.77. The molecule has 2 atom stereocenters. The molecule has 2 aromatic heterocycles. The predicted octanol–water partition coefficient (Wildman–Crippen LogP) is 0.847. The summed E-state index contributed by atoms with van der Waals surface area (Å²) in [5, 5.41) is 5.17. The van der Waals surface area contributed by atoms with Crippen LogP contribution in [-0.4, -0.2) is 65.0 Å². The predicted molar refractivity (Wildman–Crippen MR) is 92.6 cm³/mol. The maximum atomic E-state index is 13.3. The van der Waals surface area contributed by atoms with Gasteiger partial charge in [0.1, 0.15) is 5.41 Å². The highest BCUT2D eigenvalue weighted by molar-refractivity contribution is 6.07. The van der Waals surface area contributed by atoms with Crippen LogP contribution in [0.4, 0.5) is 0 Å². The van der Waals surface area contributed by atoms with Crippen molar-refractivity contribution in [2.24, 2.45) is 18.4 Å². The van der Waals surface area contributed by atoms with Gasteiger partial charge < -0.3 is 14.4 Å². The van der Waals surface area contributed by atoms with Crippen LogP contribution < -0.4 is 0 Å². The van der Waals surface area contributed by atoms with E-state index in [2.05, 4.69) is 10.1 Å². The highest BCUT2D eigenvalue weighted by Crippen LogP contribution is 2.43. The van der Waals surface area contributed by atoms with E-state index in [1.807, 2.05) is 20.9 Å². The van der Waals surface area contributed by atoms with Crippen LogP contribution in [0.3, 0.4) is 0 Å². The molecule has 4 rings (SSSR count). The number of hydrogen-bond donors (Lipinski definition) is 0. The first-order chi connectivity index (χ1) is 12.4. The number of fused-ring (bicyclic) bond motifs is 2. The molecule has 0 saturated carbocycles. The second-order valence-electron chi connectivity index (χ2n) is 7.26. The third-order valence-corrected chi connectivity index (χ3v) is 5.58. The van der Waals surface area contributed by atoms with Gasteiger partial charge in [-0.1, -0.05) is 0 Å². The van der Waals surface area contributed by atoms with Crippen molar-refractivity contribution in [3.05, 3.63) is 23.0 Å². The molecule has 8 nitrogen and oxygen atoms in total. The lowest BCUT2D eigenvalue weighted by Gasteiger charge is -2.24. The third-order valence-electron chi connectivity index (χ3n) is 5.58. The van der Waals surface area contributed by atoms with Gasteiger partial charge in [-0.05, 0) is 19.9 Å². The van der Waals surface area contributed by atoms with E-state index in [9.17, 15) is 9.59 Å². The number of pyridine rings is 1. The molecule has 2 aliphatic rings. The van der Waals surface area contributed by atoms with E-state index in [0.29, 0.717) is 37.5 Å². The molecule has 2 aromatic rings. The fraction of sp³-hybridized carbons (Fsp3) is 0.556. The molecule has 138 valence electrons. The summed E-state index contributed by atoms with van der Waals surface area (Å²) in [5.41, 5.74) is 2.04. The largest absolute Gasteiger partial charge is 0.468 e. The lowest BCUT2D eigenvalue weighted by atomic mass is 9.81. The molecule has 0 spiro atoms. The Kier molecular flexibility index (Phi) is 3.76. The van der Waals surface area contributed by atoms with Gasteiger partial charge in [-0.15, -0.1) is 0 Å². The molecule has 2 fully saturated rings. The molecular formula is C18H22N4O4. The molecule has 0 N–H and O–H groups in total. The van der Waals surface area contributed by atoms with Crippen LogP contribution in [-0.2, 0) is 21.3 Å². The number of likely N-dealkylation sites (tertiary alicyclic amines) is 1. The summed E-state index contributed by atoms with van der Waals surface area (Å²) in [6.45, 7) is 5.29. The van der Waals surface area contributed by atoms with Gasteiger partial charge in [0.15, 0.2) is 5.65 Å². The minimum atomic E-state index is -0.754. The zero-order chi connectivity index (χ0) is 18.6. The maximum absolute atomic E-state index is 13.3. The van der Waals surface area contributed by atoms with Gasteiger partial charge in [0.25, 0.3) is 5.91 Å². The van der Waals surface area contributed by atoms with E-state index in [4.69, 9.17) is 9.47 Å². The lowest BCUT2D eigenvalue weighted by Crippen LogP contribution is -2.41. The van der Waals surface area contributed by atoms with Gasteiger partial charge >= 0.3 is 5.97 Å². The quantitative estimate of drug-likeness (QED) is 0.740. The van der Waals surface area contributed by atoms with Crippen molar-refractivity contribution in [2.75, 3.05) is 33.4 Å². The molecule has 0 unspecified atom stereocenters. The van der Waals surface area contributed by atoms with Crippen molar-refractivity contribution in [1.29, 1.82) is 0 Å². The number of nitrogens with zero attached hydrogens (tertiary/aromatic N) is 4. The molecule has 4 heterocycles. The Morgan fingerprint density at radius 3 is 2.88 bits per heavy atom. The number of carbonyl (C=O) groups excluding carboxylic acids is 2. The first kappa shape index (κ1) is 17.0. The van der Waals surface area contributed by atoms with Crippen molar-refractivity contribution >= 4 is 22.9 Å². The van der Waals surface area contributed by atoms with E-state index in [-0.39, 0.29) is 17.8 Å². The fourth-order valence-corrected chi connectivity index (χ4v) is 4.29. The Labute approximate surface area is 151 Å². The van der Waals surface area contributed by atoms with Crippen molar-refractivity contribution in [1.82, 2.24) is 19.7 Å². The molecular weight excluding hydrogens is 336 g/mol. The molecule has 0 aliphatic carbocycles. The summed E-state index contributed by atoms with van der Waals surface area (Å²) in [6, 6.07) is 1.80. The van der Waals surface area contributed by atoms with Gasteiger partial charge in [-0.2, -0.15) is 5.10 Å². The van der Waals surface area contributed by atoms with Crippen LogP contribution in [0.5, 0.6) is 0 Å². The monoisotopic (exact) mass is 358 g/mol. The molecule has 0 aromatic carbocycles. The smallest absolute Gasteiger partial charge is 0.316 e. The summed E-state index contributed by atoms with van der Waals surface area (Å²) in [5.74, 6) is -0.439. The summed E-state index contributed by atoms with van der Waals surface area (Å²) in [4.78, 5) is 32.0. The normalized spacial score (nSPS) is 24.9. The van der Waals surface area contributed by atoms with Crippen molar-refractivity contribution in [3.63, 3.8) is 0 Å². The molecule has 8 heteroatoms. The van der Waals surface area contributed by atoms with E-state index in [0.717, 1.165) is 16.8 Å². The number of aryl methyl sites for hydroxylation is 3. The number of aromatic nitrogens is 3. The standard InChI is InChI=1S/C18H22N4O4/c1-10-5-13(14-11(2)20-21(3)15(14)19-10)16(23)22-6-12-7-26-9-18(12,8-22)17(24)25-4/h5,12H,6-9H2,1-4H3/t12-,18-/m0/s1. The van der Waals surface area contributed by atoms with Crippen LogP contribution in [0, 0.1) is 25.2 Å². The number of rotatable bonds is 2. The molecule has 0 radical (unpaired) electrons. The Balaban J connectivity index is 1.74. The van der Waals surface area contributed by atoms with E-state index in [1.165, 1.54) is 7.11 Å². The average Bonchev–Trinajstić information content (AvgIpc) is 3.24. The lowest BCUT2D eigenvalue weighted by molar-refractivity contribution is -0.153. The molecule has 26 heavy (non-hydrogen) atoms. The van der Waals surface area contributed by atoms with Crippen LogP contribution in [0.2, 0.25) is 0 Å². The maximum Gasteiger partial charge on any atom is 0.316 e. The van der Waals surface area contributed by atoms with Gasteiger partial charge in [0.2, 0.25) is 0 Å². The summed E-state index contributed by atoms with van der Waals surface area (Å²) >= 11 is 0. The van der Waals surface area contributed by atoms with Crippen LogP contribution in [0.1, 0.15) is 21.7 Å². The van der Waals surface area contributed by atoms with E-state index < -0.39 is 5.41 Å². The second-order valence-corrected chi connectivity index (χ2v) is 7.26. The first-order valence-electron chi connectivity index (χ1n) is 8.64. The number of carbonyl (C=O) groups is 2. The van der Waals surface area contributed by atoms with Gasteiger partial charge in [-0.3, -0.25) is 14.3 Å². The van der Waals surface area contributed by atoms with E-state index >= 15 is 0 Å². The number of methoxy groups -OCH3 is 1. The number of esters is 1. The van der Waals surface area contributed by atoms with Crippen molar-refractivity contribution in [3.8, 4) is 0 Å². The Bertz CT molecular complexity index is 922. The van der Waals surface area contributed by atoms with Crippen molar-refractivity contribution < 1.29 is 19.1 Å². The fourth-order valence-electron chi connectivity index (χ4n) is 4.29. The molecule has 1 amide bonds. The summed E-state index contributed by atoms with van der Waals surface area (Å²) < 4.78 is 12.2. The first-order valence-corrected chi connectivity index (χ1v) is 8.64. The van der Waals surface area contributed by atoms with Crippen molar-refractivity contribution in [2.45, 2.75) is 13.8 Å². The SMILES string of the molecule is COC(=O)[C@@]12COC[C@@H]1CN(C(=O)c1cc(C)nc3c1c(C)nn3C)C2. The van der Waals surface area contributed by atoms with Gasteiger partial charge in [0, 0.05) is 31.7 Å². The number of ether oxygens (including phenoxy) is 2. The van der Waals surface area contributed by atoms with Crippen LogP contribution >= 0.6 is 0 Å². The van der Waals surface area contributed by atoms with Crippen LogP contribution in [0.25, 0.3) is 11.0 Å². The molecule has 0 bridgehead atoms. The minimum absolute atomic E-state index is 0.0349.